The Morgan fingerprint density at radius 2 is 2.09 bits per heavy atom. The second kappa shape index (κ2) is 4.91. The van der Waals surface area contributed by atoms with Crippen molar-refractivity contribution in [3.63, 3.8) is 0 Å². The molecule has 0 aliphatic carbocycles. The van der Waals surface area contributed by atoms with Crippen LogP contribution in [0, 0.1) is 0 Å². The lowest BCUT2D eigenvalue weighted by Crippen LogP contribution is -2.32. The van der Waals surface area contributed by atoms with Crippen LogP contribution >= 0.6 is 12.4 Å². The zero-order valence-corrected chi connectivity index (χ0v) is 7.29. The molecule has 2 N–H and O–H groups in total. The third kappa shape index (κ3) is 3.36. The second-order valence-corrected chi connectivity index (χ2v) is 2.96. The van der Waals surface area contributed by atoms with E-state index in [1.54, 1.807) is 0 Å². The van der Waals surface area contributed by atoms with Crippen molar-refractivity contribution in [2.45, 2.75) is 24.9 Å². The maximum Gasteiger partial charge on any atom is 0.118 e. The first-order valence-electron chi connectivity index (χ1n) is 3.76. The lowest BCUT2D eigenvalue weighted by atomic mass is 9.97. The minimum absolute atomic E-state index is 0. The van der Waals surface area contributed by atoms with Gasteiger partial charge in [-0.2, -0.15) is 0 Å². The van der Waals surface area contributed by atoms with E-state index in [0.717, 1.165) is 19.5 Å². The molecule has 1 saturated heterocycles. The molecule has 1 rings (SSSR count). The number of rotatable bonds is 1. The third-order valence-corrected chi connectivity index (χ3v) is 2.01. The largest absolute Gasteiger partial charge is 0.387 e. The highest BCUT2D eigenvalue weighted by Gasteiger charge is 2.27. The van der Waals surface area contributed by atoms with Crippen molar-refractivity contribution in [2.24, 2.45) is 0 Å². The summed E-state index contributed by atoms with van der Waals surface area (Å²) in [6.07, 6.45) is 2.01. The molecular weight excluding hydrogens is 169 g/mol. The fourth-order valence-corrected chi connectivity index (χ4v) is 1.25. The van der Waals surface area contributed by atoms with Crippen molar-refractivity contribution in [3.05, 3.63) is 0 Å². The summed E-state index contributed by atoms with van der Waals surface area (Å²) in [7, 11) is 0. The molecule has 0 saturated carbocycles. The predicted octanol–water partition coefficient (Wildman–Crippen LogP) is 0.882. The van der Waals surface area contributed by atoms with Gasteiger partial charge in [0.15, 0.2) is 0 Å². The Morgan fingerprint density at radius 1 is 1.36 bits per heavy atom. The van der Waals surface area contributed by atoms with Crippen LogP contribution < -0.4 is 5.32 Å². The van der Waals surface area contributed by atoms with Crippen LogP contribution in [0.4, 0.5) is 4.39 Å². The Balaban J connectivity index is 0.000001000. The van der Waals surface area contributed by atoms with Gasteiger partial charge in [0.05, 0.1) is 5.60 Å². The first-order chi connectivity index (χ1) is 4.77. The van der Waals surface area contributed by atoms with E-state index in [1.165, 1.54) is 0 Å². The van der Waals surface area contributed by atoms with E-state index in [1.807, 2.05) is 0 Å². The summed E-state index contributed by atoms with van der Waals surface area (Å²) in [6.45, 7) is 1.04. The number of nitrogens with one attached hydrogen (secondary N) is 1. The summed E-state index contributed by atoms with van der Waals surface area (Å²) in [5, 5.41) is 12.6. The molecule has 4 heteroatoms. The smallest absolute Gasteiger partial charge is 0.118 e. The Hall–Kier alpha value is 0.140. The minimum Gasteiger partial charge on any atom is -0.387 e. The molecule has 68 valence electrons. The van der Waals surface area contributed by atoms with Gasteiger partial charge in [0.2, 0.25) is 0 Å². The average molecular weight is 184 g/mol. The summed E-state index contributed by atoms with van der Waals surface area (Å²) in [6, 6.07) is 0. The van der Waals surface area contributed by atoms with E-state index in [0.29, 0.717) is 12.8 Å². The molecule has 0 radical (unpaired) electrons. The first-order valence-corrected chi connectivity index (χ1v) is 3.76. The highest BCUT2D eigenvalue weighted by atomic mass is 35.5. The first kappa shape index (κ1) is 11.1. The highest BCUT2D eigenvalue weighted by Crippen LogP contribution is 2.19. The Morgan fingerprint density at radius 3 is 2.73 bits per heavy atom. The summed E-state index contributed by atoms with van der Waals surface area (Å²) in [5.41, 5.74) is -1.02. The third-order valence-electron chi connectivity index (χ3n) is 2.01. The van der Waals surface area contributed by atoms with Crippen LogP contribution in [0.5, 0.6) is 0 Å². The van der Waals surface area contributed by atoms with E-state index >= 15 is 0 Å². The molecule has 1 fully saturated rings. The van der Waals surface area contributed by atoms with Gasteiger partial charge in [-0.05, 0) is 32.4 Å². The monoisotopic (exact) mass is 183 g/mol. The van der Waals surface area contributed by atoms with Gasteiger partial charge in [-0.1, -0.05) is 0 Å². The lowest BCUT2D eigenvalue weighted by molar-refractivity contribution is 0.00452. The van der Waals surface area contributed by atoms with E-state index in [9.17, 15) is 9.50 Å². The molecule has 2 nitrogen and oxygen atoms in total. The fraction of sp³-hybridized carbons (Fsp3) is 1.00. The highest BCUT2D eigenvalue weighted by molar-refractivity contribution is 5.85. The summed E-state index contributed by atoms with van der Waals surface area (Å²) in [4.78, 5) is 0. The zero-order valence-electron chi connectivity index (χ0n) is 6.48. The van der Waals surface area contributed by atoms with Gasteiger partial charge in [0.1, 0.15) is 6.67 Å². The maximum atomic E-state index is 12.2. The van der Waals surface area contributed by atoms with Crippen molar-refractivity contribution in [2.75, 3.05) is 19.8 Å². The van der Waals surface area contributed by atoms with Gasteiger partial charge in [0, 0.05) is 0 Å². The van der Waals surface area contributed by atoms with Crippen molar-refractivity contribution >= 4 is 12.4 Å². The Kier molecular flexibility index (Phi) is 4.97. The van der Waals surface area contributed by atoms with Crippen molar-refractivity contribution in [3.8, 4) is 0 Å². The molecule has 0 aromatic rings. The van der Waals surface area contributed by atoms with Gasteiger partial charge in [-0.15, -0.1) is 12.4 Å². The van der Waals surface area contributed by atoms with E-state index in [4.69, 9.17) is 0 Å². The fourth-order valence-electron chi connectivity index (χ4n) is 1.25. The van der Waals surface area contributed by atoms with Gasteiger partial charge in [0.25, 0.3) is 0 Å². The van der Waals surface area contributed by atoms with Gasteiger partial charge in [-0.25, -0.2) is 4.39 Å². The number of hydrogen-bond donors (Lipinski definition) is 2. The number of aliphatic hydroxyl groups is 1. The van der Waals surface area contributed by atoms with Crippen LogP contribution in [-0.2, 0) is 0 Å². The van der Waals surface area contributed by atoms with Crippen LogP contribution in [0.2, 0.25) is 0 Å². The molecular formula is C7H15ClFNO. The molecule has 1 aliphatic heterocycles. The number of hydrogen-bond acceptors (Lipinski definition) is 2. The van der Waals surface area contributed by atoms with Crippen molar-refractivity contribution in [1.29, 1.82) is 0 Å². The summed E-state index contributed by atoms with van der Waals surface area (Å²) >= 11 is 0. The van der Waals surface area contributed by atoms with Gasteiger partial charge in [-0.3, -0.25) is 0 Å². The quantitative estimate of drug-likeness (QED) is 0.633. The standard InChI is InChI=1S/C7H14FNO.ClH/c8-6-7(10)2-1-4-9-5-3-7;/h9-10H,1-6H2;1H. The molecule has 0 bridgehead atoms. The SMILES string of the molecule is Cl.OC1(CF)CCCNCC1. The summed E-state index contributed by atoms with van der Waals surface area (Å²) in [5.74, 6) is 0. The lowest BCUT2D eigenvalue weighted by Gasteiger charge is -2.21. The van der Waals surface area contributed by atoms with E-state index in [-0.39, 0.29) is 12.4 Å². The number of alkyl halides is 1. The topological polar surface area (TPSA) is 32.3 Å². The van der Waals surface area contributed by atoms with Gasteiger partial charge >= 0.3 is 0 Å². The van der Waals surface area contributed by atoms with Crippen LogP contribution in [0.25, 0.3) is 0 Å². The maximum absolute atomic E-state index is 12.2. The molecule has 0 amide bonds. The number of halogens is 2. The van der Waals surface area contributed by atoms with Crippen molar-refractivity contribution < 1.29 is 9.50 Å². The predicted molar refractivity (Wildman–Crippen MR) is 44.9 cm³/mol. The van der Waals surface area contributed by atoms with Crippen LogP contribution in [0.1, 0.15) is 19.3 Å². The Bertz CT molecular complexity index is 105. The normalized spacial score (nSPS) is 32.2. The minimum atomic E-state index is -1.02. The molecule has 1 heterocycles. The van der Waals surface area contributed by atoms with Gasteiger partial charge < -0.3 is 10.4 Å². The molecule has 0 aromatic heterocycles. The average Bonchev–Trinajstić information content (AvgIpc) is 2.15. The van der Waals surface area contributed by atoms with E-state index < -0.39 is 12.3 Å². The Labute approximate surface area is 72.6 Å². The molecule has 1 atom stereocenters. The van der Waals surface area contributed by atoms with Crippen LogP contribution in [0.3, 0.4) is 0 Å². The molecule has 0 spiro atoms. The van der Waals surface area contributed by atoms with Crippen molar-refractivity contribution in [1.82, 2.24) is 5.32 Å². The summed E-state index contributed by atoms with van der Waals surface area (Å²) < 4.78 is 12.2. The molecule has 0 aromatic carbocycles. The van der Waals surface area contributed by atoms with Crippen LogP contribution in [-0.4, -0.2) is 30.5 Å². The molecule has 11 heavy (non-hydrogen) atoms. The molecule has 1 aliphatic rings. The second-order valence-electron chi connectivity index (χ2n) is 2.96. The van der Waals surface area contributed by atoms with E-state index in [2.05, 4.69) is 5.32 Å². The van der Waals surface area contributed by atoms with Crippen LogP contribution in [0.15, 0.2) is 0 Å². The molecule has 1 unspecified atom stereocenters. The zero-order chi connectivity index (χ0) is 7.45.